The molecular weight excluding hydrogens is 302 g/mol. The predicted octanol–water partition coefficient (Wildman–Crippen LogP) is 1.88. The lowest BCUT2D eigenvalue weighted by molar-refractivity contribution is -0.122. The normalized spacial score (nSPS) is 16.3. The number of amides is 1. The van der Waals surface area contributed by atoms with Crippen molar-refractivity contribution in [1.82, 2.24) is 15.2 Å². The van der Waals surface area contributed by atoms with Crippen LogP contribution in [0.3, 0.4) is 0 Å². The van der Waals surface area contributed by atoms with Gasteiger partial charge in [-0.15, -0.1) is 0 Å². The molecule has 5 heteroatoms. The van der Waals surface area contributed by atoms with Crippen molar-refractivity contribution in [3.8, 4) is 5.75 Å². The zero-order chi connectivity index (χ0) is 16.8. The van der Waals surface area contributed by atoms with Crippen LogP contribution in [-0.2, 0) is 17.8 Å². The molecule has 1 atom stereocenters. The molecule has 2 aromatic rings. The van der Waals surface area contributed by atoms with E-state index in [1.165, 1.54) is 5.56 Å². The van der Waals surface area contributed by atoms with Crippen molar-refractivity contribution in [3.63, 3.8) is 0 Å². The second kappa shape index (κ2) is 7.93. The van der Waals surface area contributed by atoms with E-state index in [1.807, 2.05) is 48.3 Å². The van der Waals surface area contributed by atoms with Crippen molar-refractivity contribution in [2.45, 2.75) is 13.0 Å². The van der Waals surface area contributed by atoms with E-state index in [0.29, 0.717) is 32.2 Å². The zero-order valence-electron chi connectivity index (χ0n) is 13.9. The van der Waals surface area contributed by atoms with Gasteiger partial charge in [-0.1, -0.05) is 24.3 Å². The van der Waals surface area contributed by atoms with Crippen molar-refractivity contribution >= 4 is 5.91 Å². The highest BCUT2D eigenvalue weighted by atomic mass is 16.5. The van der Waals surface area contributed by atoms with Gasteiger partial charge in [0.2, 0.25) is 5.91 Å². The Morgan fingerprint density at radius 3 is 2.96 bits per heavy atom. The zero-order valence-corrected chi connectivity index (χ0v) is 13.9. The molecule has 126 valence electrons. The number of hydrogen-bond donors (Lipinski definition) is 1. The lowest BCUT2D eigenvalue weighted by Gasteiger charge is -2.25. The van der Waals surface area contributed by atoms with E-state index in [2.05, 4.69) is 16.4 Å². The Morgan fingerprint density at radius 2 is 2.12 bits per heavy atom. The summed E-state index contributed by atoms with van der Waals surface area (Å²) in [6.07, 6.45) is 2.71. The molecule has 0 radical (unpaired) electrons. The molecule has 5 nitrogen and oxygen atoms in total. The number of carbonyl (C=O) groups excluding carboxylic acids is 1. The van der Waals surface area contributed by atoms with Gasteiger partial charge in [-0.05, 0) is 37.2 Å². The fourth-order valence-electron chi connectivity index (χ4n) is 2.91. The van der Waals surface area contributed by atoms with E-state index < -0.39 is 0 Å². The van der Waals surface area contributed by atoms with Gasteiger partial charge in [0, 0.05) is 25.2 Å². The van der Waals surface area contributed by atoms with Gasteiger partial charge in [-0.2, -0.15) is 0 Å². The number of carbonyl (C=O) groups is 1. The molecule has 0 saturated carbocycles. The maximum atomic E-state index is 12.1. The number of nitrogens with zero attached hydrogens (tertiary/aromatic N) is 2. The van der Waals surface area contributed by atoms with Gasteiger partial charge in [0.1, 0.15) is 5.75 Å². The van der Waals surface area contributed by atoms with E-state index in [-0.39, 0.29) is 5.91 Å². The fourth-order valence-corrected chi connectivity index (χ4v) is 2.91. The topological polar surface area (TPSA) is 54.5 Å². The summed E-state index contributed by atoms with van der Waals surface area (Å²) < 4.78 is 5.76. The third-order valence-electron chi connectivity index (χ3n) is 4.12. The third kappa shape index (κ3) is 4.55. The lowest BCUT2D eigenvalue weighted by atomic mass is 9.97. The minimum absolute atomic E-state index is 0.0345. The molecule has 1 aromatic heterocycles. The predicted molar refractivity (Wildman–Crippen MR) is 92.7 cm³/mol. The van der Waals surface area contributed by atoms with Crippen LogP contribution in [0.1, 0.15) is 11.3 Å². The van der Waals surface area contributed by atoms with Crippen molar-refractivity contribution in [1.29, 1.82) is 0 Å². The number of ether oxygens (including phenoxy) is 1. The number of fused-ring (bicyclic) bond motifs is 1. The summed E-state index contributed by atoms with van der Waals surface area (Å²) in [5, 5.41) is 3.02. The number of hydrogen-bond acceptors (Lipinski definition) is 4. The average molecular weight is 325 g/mol. The highest BCUT2D eigenvalue weighted by Crippen LogP contribution is 2.26. The SMILES string of the molecule is CN(CC(=O)NC[C@H]1COc2ccccc2C1)Cc1ccccn1. The van der Waals surface area contributed by atoms with Gasteiger partial charge >= 0.3 is 0 Å². The molecule has 0 saturated heterocycles. The van der Waals surface area contributed by atoms with Gasteiger partial charge in [0.15, 0.2) is 0 Å². The summed E-state index contributed by atoms with van der Waals surface area (Å²) in [5.41, 5.74) is 2.18. The molecule has 0 aliphatic carbocycles. The maximum absolute atomic E-state index is 12.1. The highest BCUT2D eigenvalue weighted by Gasteiger charge is 2.20. The van der Waals surface area contributed by atoms with Crippen LogP contribution in [0.2, 0.25) is 0 Å². The molecule has 1 aromatic carbocycles. The first-order chi connectivity index (χ1) is 11.7. The van der Waals surface area contributed by atoms with Gasteiger partial charge < -0.3 is 10.1 Å². The summed E-state index contributed by atoms with van der Waals surface area (Å²) in [6.45, 7) is 2.32. The Labute approximate surface area is 142 Å². The van der Waals surface area contributed by atoms with Gasteiger partial charge in [0.25, 0.3) is 0 Å². The summed E-state index contributed by atoms with van der Waals surface area (Å²) in [4.78, 5) is 18.4. The first kappa shape index (κ1) is 16.5. The number of nitrogens with one attached hydrogen (secondary N) is 1. The van der Waals surface area contributed by atoms with E-state index in [9.17, 15) is 4.79 Å². The van der Waals surface area contributed by atoms with Crippen molar-refractivity contribution in [3.05, 3.63) is 59.9 Å². The molecule has 1 N–H and O–H groups in total. The highest BCUT2D eigenvalue weighted by molar-refractivity contribution is 5.77. The molecule has 0 unspecified atom stereocenters. The maximum Gasteiger partial charge on any atom is 0.234 e. The summed E-state index contributed by atoms with van der Waals surface area (Å²) in [5.74, 6) is 1.33. The molecule has 0 fully saturated rings. The van der Waals surface area contributed by atoms with Crippen molar-refractivity contribution in [2.24, 2.45) is 5.92 Å². The van der Waals surface area contributed by atoms with Crippen molar-refractivity contribution < 1.29 is 9.53 Å². The minimum Gasteiger partial charge on any atom is -0.493 e. The van der Waals surface area contributed by atoms with Crippen LogP contribution in [0.4, 0.5) is 0 Å². The van der Waals surface area contributed by atoms with E-state index in [0.717, 1.165) is 17.9 Å². The molecule has 0 bridgehead atoms. The molecule has 1 aliphatic heterocycles. The Morgan fingerprint density at radius 1 is 1.29 bits per heavy atom. The lowest BCUT2D eigenvalue weighted by Crippen LogP contribution is -2.39. The Bertz CT molecular complexity index is 675. The number of aromatic nitrogens is 1. The largest absolute Gasteiger partial charge is 0.493 e. The van der Waals surface area contributed by atoms with Gasteiger partial charge in [0.05, 0.1) is 18.8 Å². The van der Waals surface area contributed by atoms with Crippen LogP contribution in [0, 0.1) is 5.92 Å². The summed E-state index contributed by atoms with van der Waals surface area (Å²) in [7, 11) is 1.92. The average Bonchev–Trinajstić information content (AvgIpc) is 2.60. The van der Waals surface area contributed by atoms with Crippen LogP contribution in [-0.4, -0.2) is 42.5 Å². The second-order valence-electron chi connectivity index (χ2n) is 6.29. The Balaban J connectivity index is 1.41. The molecule has 0 spiro atoms. The molecule has 1 amide bonds. The number of rotatable bonds is 6. The second-order valence-corrected chi connectivity index (χ2v) is 6.29. The van der Waals surface area contributed by atoms with Crippen LogP contribution in [0.25, 0.3) is 0 Å². The summed E-state index contributed by atoms with van der Waals surface area (Å²) in [6, 6.07) is 13.9. The smallest absolute Gasteiger partial charge is 0.234 e. The monoisotopic (exact) mass is 325 g/mol. The molecular formula is C19H23N3O2. The van der Waals surface area contributed by atoms with Crippen LogP contribution in [0.5, 0.6) is 5.75 Å². The van der Waals surface area contributed by atoms with Crippen LogP contribution >= 0.6 is 0 Å². The number of pyridine rings is 1. The van der Waals surface area contributed by atoms with Gasteiger partial charge in [-0.3, -0.25) is 14.7 Å². The van der Waals surface area contributed by atoms with Gasteiger partial charge in [-0.25, -0.2) is 0 Å². The first-order valence-corrected chi connectivity index (χ1v) is 8.26. The van der Waals surface area contributed by atoms with E-state index in [4.69, 9.17) is 4.74 Å². The van der Waals surface area contributed by atoms with E-state index in [1.54, 1.807) is 6.20 Å². The summed E-state index contributed by atoms with van der Waals surface area (Å²) >= 11 is 0. The molecule has 24 heavy (non-hydrogen) atoms. The Hall–Kier alpha value is -2.40. The van der Waals surface area contributed by atoms with Crippen molar-refractivity contribution in [2.75, 3.05) is 26.7 Å². The number of likely N-dealkylation sites (N-methyl/N-ethyl adjacent to an activating group) is 1. The standard InChI is InChI=1S/C19H23N3O2/c1-22(12-17-7-4-5-9-20-17)13-19(23)21-11-15-10-16-6-2-3-8-18(16)24-14-15/h2-9,15H,10-14H2,1H3,(H,21,23)/t15-/m0/s1. The van der Waals surface area contributed by atoms with Crippen LogP contribution in [0.15, 0.2) is 48.7 Å². The van der Waals surface area contributed by atoms with E-state index >= 15 is 0 Å². The molecule has 1 aliphatic rings. The quantitative estimate of drug-likeness (QED) is 0.881. The van der Waals surface area contributed by atoms with Crippen LogP contribution < -0.4 is 10.1 Å². The molecule has 2 heterocycles. The fraction of sp³-hybridized carbons (Fsp3) is 0.368. The Kier molecular flexibility index (Phi) is 5.43. The minimum atomic E-state index is 0.0345. The molecule has 3 rings (SSSR count). The first-order valence-electron chi connectivity index (χ1n) is 8.26. The number of benzene rings is 1. The third-order valence-corrected chi connectivity index (χ3v) is 4.12. The number of para-hydroxylation sites is 1.